The van der Waals surface area contributed by atoms with E-state index in [1.165, 1.54) is 0 Å². The van der Waals surface area contributed by atoms with E-state index in [1.54, 1.807) is 4.68 Å². The van der Waals surface area contributed by atoms with Gasteiger partial charge in [-0.05, 0) is 19.1 Å². The van der Waals surface area contributed by atoms with Crippen molar-refractivity contribution in [2.75, 3.05) is 17.7 Å². The number of anilines is 3. The van der Waals surface area contributed by atoms with Crippen LogP contribution in [0.3, 0.4) is 0 Å². The summed E-state index contributed by atoms with van der Waals surface area (Å²) in [5.41, 5.74) is 8.70. The minimum Gasteiger partial charge on any atom is -0.394 e. The molecule has 0 bridgehead atoms. The van der Waals surface area contributed by atoms with Crippen LogP contribution in [-0.4, -0.2) is 16.8 Å². The van der Waals surface area contributed by atoms with Crippen LogP contribution in [-0.2, 0) is 7.05 Å². The predicted octanol–water partition coefficient (Wildman–Crippen LogP) is 2.08. The van der Waals surface area contributed by atoms with Crippen molar-refractivity contribution in [2.45, 2.75) is 6.92 Å². The van der Waals surface area contributed by atoms with Gasteiger partial charge in [-0.2, -0.15) is 5.10 Å². The second-order valence-corrected chi connectivity index (χ2v) is 3.84. The van der Waals surface area contributed by atoms with Crippen LogP contribution >= 0.6 is 0 Å². The quantitative estimate of drug-likeness (QED) is 0.836. The topological polar surface area (TPSA) is 47.1 Å². The summed E-state index contributed by atoms with van der Waals surface area (Å²) in [4.78, 5) is 2.04. The molecule has 0 aliphatic carbocycles. The van der Waals surface area contributed by atoms with Crippen LogP contribution < -0.4 is 10.6 Å². The predicted molar refractivity (Wildman–Crippen MR) is 66.9 cm³/mol. The summed E-state index contributed by atoms with van der Waals surface area (Å²) in [6.07, 6.45) is 0. The van der Waals surface area contributed by atoms with E-state index in [0.29, 0.717) is 0 Å². The maximum absolute atomic E-state index is 6.02. The Hall–Kier alpha value is -1.97. The van der Waals surface area contributed by atoms with Crippen molar-refractivity contribution in [3.05, 3.63) is 36.0 Å². The molecular formula is C12H16N4. The van der Waals surface area contributed by atoms with Crippen LogP contribution in [0.4, 0.5) is 17.2 Å². The summed E-state index contributed by atoms with van der Waals surface area (Å²) >= 11 is 0. The average molecular weight is 216 g/mol. The van der Waals surface area contributed by atoms with E-state index in [2.05, 4.69) is 5.10 Å². The van der Waals surface area contributed by atoms with E-state index in [9.17, 15) is 0 Å². The Bertz CT molecular complexity index is 487. The molecule has 0 radical (unpaired) electrons. The highest BCUT2D eigenvalue weighted by Gasteiger charge is 2.14. The number of nitrogen functional groups attached to an aromatic ring is 1. The maximum atomic E-state index is 6.02. The van der Waals surface area contributed by atoms with Gasteiger partial charge in [-0.25, -0.2) is 0 Å². The normalized spacial score (nSPS) is 10.4. The van der Waals surface area contributed by atoms with Crippen LogP contribution in [0.1, 0.15) is 5.69 Å². The molecule has 4 heteroatoms. The Morgan fingerprint density at radius 3 is 2.38 bits per heavy atom. The fourth-order valence-electron chi connectivity index (χ4n) is 1.83. The summed E-state index contributed by atoms with van der Waals surface area (Å²) in [6.45, 7) is 1.91. The van der Waals surface area contributed by atoms with Gasteiger partial charge in [0.2, 0.25) is 0 Å². The summed E-state index contributed by atoms with van der Waals surface area (Å²) in [6, 6.07) is 10.1. The summed E-state index contributed by atoms with van der Waals surface area (Å²) in [7, 11) is 3.89. The SMILES string of the molecule is Cc1nn(C)c(N(C)c2ccccc2)c1N. The van der Waals surface area contributed by atoms with Crippen molar-refractivity contribution in [2.24, 2.45) is 7.05 Å². The number of hydrogen-bond donors (Lipinski definition) is 1. The zero-order valence-corrected chi connectivity index (χ0v) is 9.81. The highest BCUT2D eigenvalue weighted by Crippen LogP contribution is 2.29. The molecule has 4 nitrogen and oxygen atoms in total. The number of aromatic nitrogens is 2. The van der Waals surface area contributed by atoms with Gasteiger partial charge in [-0.3, -0.25) is 4.68 Å². The first-order chi connectivity index (χ1) is 7.61. The number of rotatable bonds is 2. The summed E-state index contributed by atoms with van der Waals surface area (Å²) < 4.78 is 1.80. The van der Waals surface area contributed by atoms with Gasteiger partial charge in [0.1, 0.15) is 0 Å². The molecule has 2 N–H and O–H groups in total. The molecule has 84 valence electrons. The number of aryl methyl sites for hydroxylation is 2. The molecule has 2 rings (SSSR count). The van der Waals surface area contributed by atoms with E-state index < -0.39 is 0 Å². The Labute approximate surface area is 95.3 Å². The minimum absolute atomic E-state index is 0.730. The third-order valence-corrected chi connectivity index (χ3v) is 2.70. The van der Waals surface area contributed by atoms with Gasteiger partial charge >= 0.3 is 0 Å². The molecule has 0 saturated heterocycles. The second-order valence-electron chi connectivity index (χ2n) is 3.84. The van der Waals surface area contributed by atoms with Crippen molar-refractivity contribution < 1.29 is 0 Å². The first-order valence-electron chi connectivity index (χ1n) is 5.19. The van der Waals surface area contributed by atoms with Crippen LogP contribution in [0.5, 0.6) is 0 Å². The minimum atomic E-state index is 0.730. The fourth-order valence-corrected chi connectivity index (χ4v) is 1.83. The zero-order chi connectivity index (χ0) is 11.7. The van der Waals surface area contributed by atoms with Crippen molar-refractivity contribution in [1.29, 1.82) is 0 Å². The monoisotopic (exact) mass is 216 g/mol. The largest absolute Gasteiger partial charge is 0.394 e. The van der Waals surface area contributed by atoms with Crippen molar-refractivity contribution in [1.82, 2.24) is 9.78 Å². The second kappa shape index (κ2) is 3.89. The molecule has 1 aromatic carbocycles. The van der Waals surface area contributed by atoms with E-state index in [-0.39, 0.29) is 0 Å². The van der Waals surface area contributed by atoms with E-state index in [0.717, 1.165) is 22.9 Å². The lowest BCUT2D eigenvalue weighted by Gasteiger charge is -2.19. The molecule has 0 fully saturated rings. The molecule has 2 aromatic rings. The summed E-state index contributed by atoms with van der Waals surface area (Å²) in [5.74, 6) is 0.920. The van der Waals surface area contributed by atoms with E-state index in [4.69, 9.17) is 5.73 Å². The zero-order valence-electron chi connectivity index (χ0n) is 9.81. The maximum Gasteiger partial charge on any atom is 0.154 e. The van der Waals surface area contributed by atoms with Gasteiger partial charge in [-0.15, -0.1) is 0 Å². The molecule has 0 atom stereocenters. The van der Waals surface area contributed by atoms with Gasteiger partial charge in [0.15, 0.2) is 5.82 Å². The number of hydrogen-bond acceptors (Lipinski definition) is 3. The van der Waals surface area contributed by atoms with Crippen LogP contribution in [0.2, 0.25) is 0 Å². The van der Waals surface area contributed by atoms with Gasteiger partial charge in [0.05, 0.1) is 11.4 Å². The van der Waals surface area contributed by atoms with Gasteiger partial charge < -0.3 is 10.6 Å². The van der Waals surface area contributed by atoms with Gasteiger partial charge in [-0.1, -0.05) is 18.2 Å². The highest BCUT2D eigenvalue weighted by molar-refractivity contribution is 5.72. The van der Waals surface area contributed by atoms with Gasteiger partial charge in [0, 0.05) is 19.8 Å². The Morgan fingerprint density at radius 1 is 1.25 bits per heavy atom. The van der Waals surface area contributed by atoms with Gasteiger partial charge in [0.25, 0.3) is 0 Å². The smallest absolute Gasteiger partial charge is 0.154 e. The van der Waals surface area contributed by atoms with Crippen LogP contribution in [0.15, 0.2) is 30.3 Å². The molecule has 16 heavy (non-hydrogen) atoms. The lowest BCUT2D eigenvalue weighted by Crippen LogP contribution is -2.14. The van der Waals surface area contributed by atoms with Crippen LogP contribution in [0, 0.1) is 6.92 Å². The lowest BCUT2D eigenvalue weighted by molar-refractivity contribution is 0.751. The Balaban J connectivity index is 2.45. The van der Waals surface area contributed by atoms with Crippen LogP contribution in [0.25, 0.3) is 0 Å². The van der Waals surface area contributed by atoms with Crippen molar-refractivity contribution >= 4 is 17.2 Å². The molecule has 0 spiro atoms. The van der Waals surface area contributed by atoms with E-state index in [1.807, 2.05) is 56.3 Å². The third kappa shape index (κ3) is 1.62. The Kier molecular flexibility index (Phi) is 2.56. The average Bonchev–Trinajstić information content (AvgIpc) is 2.54. The number of para-hydroxylation sites is 1. The standard InChI is InChI=1S/C12H16N4/c1-9-11(13)12(16(3)14-9)15(2)10-7-5-4-6-8-10/h4-8H,13H2,1-3H3. The first kappa shape index (κ1) is 10.5. The molecule has 1 aromatic heterocycles. The number of nitrogens with two attached hydrogens (primary N) is 1. The summed E-state index contributed by atoms with van der Waals surface area (Å²) in [5, 5.41) is 4.31. The third-order valence-electron chi connectivity index (χ3n) is 2.70. The van der Waals surface area contributed by atoms with Crippen molar-refractivity contribution in [3.63, 3.8) is 0 Å². The highest BCUT2D eigenvalue weighted by atomic mass is 15.4. The number of nitrogens with zero attached hydrogens (tertiary/aromatic N) is 3. The molecule has 0 amide bonds. The molecule has 0 aliphatic rings. The number of benzene rings is 1. The van der Waals surface area contributed by atoms with E-state index >= 15 is 0 Å². The molecule has 0 saturated carbocycles. The lowest BCUT2D eigenvalue weighted by atomic mass is 10.3. The molecule has 0 unspecified atom stereocenters. The first-order valence-corrected chi connectivity index (χ1v) is 5.19. The van der Waals surface area contributed by atoms with Crippen molar-refractivity contribution in [3.8, 4) is 0 Å². The fraction of sp³-hybridized carbons (Fsp3) is 0.250. The molecule has 0 aliphatic heterocycles. The Morgan fingerprint density at radius 2 is 1.88 bits per heavy atom. The molecular weight excluding hydrogens is 200 g/mol. The molecule has 1 heterocycles.